The maximum Gasteiger partial charge on any atom is 0.225 e. The molecule has 122 valence electrons. The molecule has 2 atom stereocenters. The van der Waals surface area contributed by atoms with Crippen molar-refractivity contribution < 1.29 is 9.53 Å². The number of hydrogen-bond acceptors (Lipinski definition) is 3. The van der Waals surface area contributed by atoms with Crippen LogP contribution in [-0.2, 0) is 9.53 Å². The van der Waals surface area contributed by atoms with Crippen LogP contribution in [-0.4, -0.2) is 61.6 Å². The van der Waals surface area contributed by atoms with Gasteiger partial charge in [-0.3, -0.25) is 9.69 Å². The van der Waals surface area contributed by atoms with Crippen LogP contribution in [0.25, 0.3) is 0 Å². The van der Waals surface area contributed by atoms with Crippen LogP contribution in [0.5, 0.6) is 0 Å². The van der Waals surface area contributed by atoms with Crippen molar-refractivity contribution in [1.82, 2.24) is 9.80 Å². The van der Waals surface area contributed by atoms with Crippen LogP contribution < -0.4 is 0 Å². The number of methoxy groups -OCH3 is 1. The smallest absolute Gasteiger partial charge is 0.225 e. The van der Waals surface area contributed by atoms with Crippen molar-refractivity contribution >= 4 is 5.91 Å². The van der Waals surface area contributed by atoms with Crippen molar-refractivity contribution in [2.75, 3.05) is 39.9 Å². The van der Waals surface area contributed by atoms with Gasteiger partial charge >= 0.3 is 0 Å². The Hall–Kier alpha value is -0.610. The first kappa shape index (κ1) is 16.8. The summed E-state index contributed by atoms with van der Waals surface area (Å²) in [6.45, 7) is 7.20. The topological polar surface area (TPSA) is 32.8 Å². The first-order chi connectivity index (χ1) is 10.2. The lowest BCUT2D eigenvalue weighted by Gasteiger charge is -2.41. The molecule has 0 radical (unpaired) electrons. The van der Waals surface area contributed by atoms with Crippen molar-refractivity contribution in [3.05, 3.63) is 0 Å². The van der Waals surface area contributed by atoms with Crippen LogP contribution in [0.2, 0.25) is 0 Å². The summed E-state index contributed by atoms with van der Waals surface area (Å²) in [6.07, 6.45) is 8.39. The molecule has 1 amide bonds. The highest BCUT2D eigenvalue weighted by molar-refractivity contribution is 5.78. The lowest BCUT2D eigenvalue weighted by Crippen LogP contribution is -2.52. The molecule has 0 aromatic rings. The van der Waals surface area contributed by atoms with E-state index in [0.717, 1.165) is 39.0 Å². The molecule has 0 unspecified atom stereocenters. The lowest BCUT2D eigenvalue weighted by molar-refractivity contribution is -0.137. The van der Waals surface area contributed by atoms with Crippen LogP contribution in [0, 0.1) is 5.92 Å². The Labute approximate surface area is 129 Å². The third-order valence-corrected chi connectivity index (χ3v) is 5.02. The Morgan fingerprint density at radius 3 is 2.67 bits per heavy atom. The van der Waals surface area contributed by atoms with Crippen LogP contribution in [0.4, 0.5) is 0 Å². The molecule has 0 aliphatic carbocycles. The molecule has 0 aromatic heterocycles. The predicted octanol–water partition coefficient (Wildman–Crippen LogP) is 2.53. The van der Waals surface area contributed by atoms with E-state index >= 15 is 0 Å². The third kappa shape index (κ3) is 4.96. The molecular weight excluding hydrogens is 264 g/mol. The average Bonchev–Trinajstić information content (AvgIpc) is 2.55. The summed E-state index contributed by atoms with van der Waals surface area (Å²) in [5.74, 6) is 0.494. The first-order valence-corrected chi connectivity index (χ1v) is 8.74. The minimum atomic E-state index is 0.139. The van der Waals surface area contributed by atoms with E-state index in [1.54, 1.807) is 7.11 Å². The van der Waals surface area contributed by atoms with Gasteiger partial charge in [0.1, 0.15) is 0 Å². The zero-order chi connectivity index (χ0) is 15.1. The number of likely N-dealkylation sites (tertiary alicyclic amines) is 2. The summed E-state index contributed by atoms with van der Waals surface area (Å²) in [4.78, 5) is 17.3. The van der Waals surface area contributed by atoms with Gasteiger partial charge in [-0.2, -0.15) is 0 Å². The molecular formula is C17H32N2O2. The van der Waals surface area contributed by atoms with Gasteiger partial charge in [0.05, 0.1) is 0 Å². The van der Waals surface area contributed by atoms with Crippen molar-refractivity contribution in [3.63, 3.8) is 0 Å². The third-order valence-electron chi connectivity index (χ3n) is 5.02. The molecule has 0 N–H and O–H groups in total. The number of hydrogen-bond donors (Lipinski definition) is 0. The molecule has 4 nitrogen and oxygen atoms in total. The van der Waals surface area contributed by atoms with Crippen LogP contribution >= 0.6 is 0 Å². The summed E-state index contributed by atoms with van der Waals surface area (Å²) in [7, 11) is 1.72. The summed E-state index contributed by atoms with van der Waals surface area (Å²) in [6, 6.07) is 0.606. The van der Waals surface area contributed by atoms with Gasteiger partial charge in [-0.25, -0.2) is 0 Å². The first-order valence-electron chi connectivity index (χ1n) is 8.74. The van der Waals surface area contributed by atoms with Gasteiger partial charge in [0.25, 0.3) is 0 Å². The summed E-state index contributed by atoms with van der Waals surface area (Å²) in [5, 5.41) is 0. The Kier molecular flexibility index (Phi) is 6.97. The van der Waals surface area contributed by atoms with E-state index in [1.165, 1.54) is 38.8 Å². The maximum absolute atomic E-state index is 12.6. The fourth-order valence-corrected chi connectivity index (χ4v) is 3.71. The molecule has 2 fully saturated rings. The number of amides is 1. The van der Waals surface area contributed by atoms with Gasteiger partial charge < -0.3 is 9.64 Å². The molecule has 2 saturated heterocycles. The number of piperidine rings is 2. The van der Waals surface area contributed by atoms with Gasteiger partial charge in [0.2, 0.25) is 5.91 Å². The molecule has 2 aliphatic rings. The maximum atomic E-state index is 12.6. The predicted molar refractivity (Wildman–Crippen MR) is 85.3 cm³/mol. The summed E-state index contributed by atoms with van der Waals surface area (Å²) in [5.41, 5.74) is 0. The molecule has 21 heavy (non-hydrogen) atoms. The summed E-state index contributed by atoms with van der Waals surface area (Å²) < 4.78 is 5.08. The number of nitrogens with zero attached hydrogens (tertiary/aromatic N) is 2. The van der Waals surface area contributed by atoms with Crippen LogP contribution in [0.1, 0.15) is 51.9 Å². The van der Waals surface area contributed by atoms with E-state index in [2.05, 4.69) is 16.7 Å². The van der Waals surface area contributed by atoms with E-state index in [9.17, 15) is 4.79 Å². The van der Waals surface area contributed by atoms with Gasteiger partial charge in [-0.1, -0.05) is 13.3 Å². The number of carbonyl (C=O) groups excluding carboxylic acids is 1. The largest absolute Gasteiger partial charge is 0.385 e. The van der Waals surface area contributed by atoms with Crippen LogP contribution in [0.15, 0.2) is 0 Å². The SMILES string of the molecule is COCCC[C@H](C)C(=O)N1CCC[C@@H](N2CCCCC2)C1. The Morgan fingerprint density at radius 2 is 1.95 bits per heavy atom. The molecule has 0 saturated carbocycles. The van der Waals surface area contributed by atoms with Gasteiger partial charge in [-0.15, -0.1) is 0 Å². The zero-order valence-electron chi connectivity index (χ0n) is 13.9. The highest BCUT2D eigenvalue weighted by atomic mass is 16.5. The number of rotatable bonds is 6. The van der Waals surface area contributed by atoms with Gasteiger partial charge in [0.15, 0.2) is 0 Å². The Morgan fingerprint density at radius 1 is 1.19 bits per heavy atom. The Bertz CT molecular complexity index is 316. The second-order valence-electron chi connectivity index (χ2n) is 6.71. The average molecular weight is 296 g/mol. The summed E-state index contributed by atoms with van der Waals surface area (Å²) >= 11 is 0. The molecule has 0 aromatic carbocycles. The number of carbonyl (C=O) groups is 1. The molecule has 2 aliphatic heterocycles. The molecule has 4 heteroatoms. The van der Waals surface area contributed by atoms with Gasteiger partial charge in [-0.05, 0) is 51.6 Å². The normalized spacial score (nSPS) is 25.8. The van der Waals surface area contributed by atoms with E-state index in [-0.39, 0.29) is 5.92 Å². The molecule has 0 bridgehead atoms. The monoisotopic (exact) mass is 296 g/mol. The highest BCUT2D eigenvalue weighted by Crippen LogP contribution is 2.22. The fourth-order valence-electron chi connectivity index (χ4n) is 3.71. The molecule has 0 spiro atoms. The molecule has 2 rings (SSSR count). The van der Waals surface area contributed by atoms with Crippen LogP contribution in [0.3, 0.4) is 0 Å². The lowest BCUT2D eigenvalue weighted by atomic mass is 9.98. The standard InChI is InChI=1S/C17H32N2O2/c1-15(8-7-13-21-2)17(20)19-12-6-9-16(14-19)18-10-4-3-5-11-18/h15-16H,3-14H2,1-2H3/t15-,16+/m0/s1. The zero-order valence-corrected chi connectivity index (χ0v) is 13.9. The van der Waals surface area contributed by atoms with Crippen molar-refractivity contribution in [2.45, 2.75) is 57.9 Å². The quantitative estimate of drug-likeness (QED) is 0.706. The minimum Gasteiger partial charge on any atom is -0.385 e. The minimum absolute atomic E-state index is 0.139. The fraction of sp³-hybridized carbons (Fsp3) is 0.941. The van der Waals surface area contributed by atoms with Crippen molar-refractivity contribution in [3.8, 4) is 0 Å². The van der Waals surface area contributed by atoms with Crippen molar-refractivity contribution in [1.29, 1.82) is 0 Å². The van der Waals surface area contributed by atoms with E-state index in [4.69, 9.17) is 4.74 Å². The van der Waals surface area contributed by atoms with Crippen molar-refractivity contribution in [2.24, 2.45) is 5.92 Å². The van der Waals surface area contributed by atoms with E-state index < -0.39 is 0 Å². The Balaban J connectivity index is 1.80. The van der Waals surface area contributed by atoms with E-state index in [1.807, 2.05) is 0 Å². The molecule has 2 heterocycles. The van der Waals surface area contributed by atoms with E-state index in [0.29, 0.717) is 11.9 Å². The number of ether oxygens (including phenoxy) is 1. The highest BCUT2D eigenvalue weighted by Gasteiger charge is 2.30. The second kappa shape index (κ2) is 8.74. The van der Waals surface area contributed by atoms with Gasteiger partial charge in [0, 0.05) is 38.8 Å². The second-order valence-corrected chi connectivity index (χ2v) is 6.71.